The van der Waals surface area contributed by atoms with Crippen LogP contribution in [0.3, 0.4) is 0 Å². The van der Waals surface area contributed by atoms with Crippen molar-refractivity contribution in [2.24, 2.45) is 0 Å². The normalized spacial score (nSPS) is 9.65. The molecule has 20 heavy (non-hydrogen) atoms. The summed E-state index contributed by atoms with van der Waals surface area (Å²) in [4.78, 5) is 11.9. The van der Waals surface area contributed by atoms with Crippen molar-refractivity contribution in [2.45, 2.75) is 0 Å². The summed E-state index contributed by atoms with van der Waals surface area (Å²) < 4.78 is 23.0. The van der Waals surface area contributed by atoms with Crippen molar-refractivity contribution in [3.8, 4) is 17.6 Å². The number of nitriles is 1. The fourth-order valence-electron chi connectivity index (χ4n) is 1.57. The molecule has 0 unspecified atom stereocenters. The van der Waals surface area contributed by atoms with E-state index in [0.717, 1.165) is 0 Å². The van der Waals surface area contributed by atoms with E-state index in [-0.39, 0.29) is 17.1 Å². The third kappa shape index (κ3) is 2.93. The van der Waals surface area contributed by atoms with Gasteiger partial charge in [-0.15, -0.1) is 0 Å². The van der Waals surface area contributed by atoms with Crippen molar-refractivity contribution >= 4 is 5.97 Å². The van der Waals surface area contributed by atoms with E-state index < -0.39 is 11.8 Å². The van der Waals surface area contributed by atoms with Crippen molar-refractivity contribution in [3.63, 3.8) is 0 Å². The van der Waals surface area contributed by atoms with Crippen LogP contribution in [0.25, 0.3) is 0 Å². The van der Waals surface area contributed by atoms with Gasteiger partial charge in [0.2, 0.25) is 0 Å². The molecule has 0 saturated carbocycles. The zero-order valence-corrected chi connectivity index (χ0v) is 10.6. The molecule has 0 atom stereocenters. The number of hydrogen-bond donors (Lipinski definition) is 0. The molecule has 100 valence electrons. The van der Waals surface area contributed by atoms with Gasteiger partial charge in [-0.25, -0.2) is 9.18 Å². The number of benzene rings is 2. The number of hydrogen-bond acceptors (Lipinski definition) is 4. The summed E-state index contributed by atoms with van der Waals surface area (Å²) >= 11 is 0. The van der Waals surface area contributed by atoms with E-state index >= 15 is 0 Å². The summed E-state index contributed by atoms with van der Waals surface area (Å²) in [5.41, 5.74) is 0.612. The van der Waals surface area contributed by atoms with Crippen LogP contribution < -0.4 is 9.47 Å². The van der Waals surface area contributed by atoms with Gasteiger partial charge < -0.3 is 9.47 Å². The average Bonchev–Trinajstić information content (AvgIpc) is 2.48. The predicted molar refractivity (Wildman–Crippen MR) is 69.1 cm³/mol. The van der Waals surface area contributed by atoms with Gasteiger partial charge in [0.05, 0.1) is 24.3 Å². The first-order valence-corrected chi connectivity index (χ1v) is 5.70. The molecule has 4 nitrogen and oxygen atoms in total. The van der Waals surface area contributed by atoms with Gasteiger partial charge in [0, 0.05) is 6.07 Å². The molecule has 0 aromatic heterocycles. The van der Waals surface area contributed by atoms with Crippen LogP contribution >= 0.6 is 0 Å². The van der Waals surface area contributed by atoms with E-state index in [4.69, 9.17) is 14.7 Å². The van der Waals surface area contributed by atoms with Crippen molar-refractivity contribution in [2.75, 3.05) is 7.11 Å². The maximum absolute atomic E-state index is 12.8. The SMILES string of the molecule is COc1cc(C#N)ccc1OC(=O)c1ccc(F)cc1. The first-order chi connectivity index (χ1) is 9.63. The van der Waals surface area contributed by atoms with Crippen molar-refractivity contribution in [1.29, 1.82) is 5.26 Å². The number of halogens is 1. The van der Waals surface area contributed by atoms with E-state index in [1.165, 1.54) is 49.6 Å². The number of esters is 1. The third-order valence-electron chi connectivity index (χ3n) is 2.58. The first-order valence-electron chi connectivity index (χ1n) is 5.70. The quantitative estimate of drug-likeness (QED) is 0.636. The Hall–Kier alpha value is -2.87. The molecule has 0 radical (unpaired) electrons. The number of carbonyl (C=O) groups excluding carboxylic acids is 1. The van der Waals surface area contributed by atoms with Gasteiger partial charge in [-0.1, -0.05) is 0 Å². The highest BCUT2D eigenvalue weighted by molar-refractivity contribution is 5.91. The zero-order chi connectivity index (χ0) is 14.5. The number of carbonyl (C=O) groups is 1. The number of ether oxygens (including phenoxy) is 2. The lowest BCUT2D eigenvalue weighted by atomic mass is 10.2. The monoisotopic (exact) mass is 271 g/mol. The molecule has 0 saturated heterocycles. The van der Waals surface area contributed by atoms with Crippen LogP contribution in [0.15, 0.2) is 42.5 Å². The van der Waals surface area contributed by atoms with E-state index in [9.17, 15) is 9.18 Å². The Morgan fingerprint density at radius 3 is 2.45 bits per heavy atom. The maximum Gasteiger partial charge on any atom is 0.343 e. The van der Waals surface area contributed by atoms with Crippen LogP contribution in [-0.4, -0.2) is 13.1 Å². The van der Waals surface area contributed by atoms with E-state index in [2.05, 4.69) is 0 Å². The van der Waals surface area contributed by atoms with Gasteiger partial charge in [-0.2, -0.15) is 5.26 Å². The van der Waals surface area contributed by atoms with E-state index in [0.29, 0.717) is 5.56 Å². The van der Waals surface area contributed by atoms with Gasteiger partial charge in [0.25, 0.3) is 0 Å². The molecule has 0 spiro atoms. The second-order valence-corrected chi connectivity index (χ2v) is 3.87. The molecule has 2 aromatic rings. The summed E-state index contributed by atoms with van der Waals surface area (Å²) in [5.74, 6) is -0.592. The van der Waals surface area contributed by atoms with Gasteiger partial charge in [0.1, 0.15) is 5.82 Å². The molecule has 0 heterocycles. The Morgan fingerprint density at radius 2 is 1.85 bits per heavy atom. The smallest absolute Gasteiger partial charge is 0.343 e. The lowest BCUT2D eigenvalue weighted by Crippen LogP contribution is -2.09. The first kappa shape index (κ1) is 13.6. The Bertz CT molecular complexity index is 675. The minimum absolute atomic E-state index is 0.195. The van der Waals surface area contributed by atoms with Gasteiger partial charge in [-0.05, 0) is 36.4 Å². The zero-order valence-electron chi connectivity index (χ0n) is 10.6. The lowest BCUT2D eigenvalue weighted by molar-refractivity contribution is 0.0729. The lowest BCUT2D eigenvalue weighted by Gasteiger charge is -2.09. The minimum Gasteiger partial charge on any atom is -0.493 e. The van der Waals surface area contributed by atoms with Crippen LogP contribution in [-0.2, 0) is 0 Å². The van der Waals surface area contributed by atoms with E-state index in [1.807, 2.05) is 6.07 Å². The Balaban J connectivity index is 2.23. The molecule has 0 fully saturated rings. The van der Waals surface area contributed by atoms with Gasteiger partial charge >= 0.3 is 5.97 Å². The number of methoxy groups -OCH3 is 1. The fraction of sp³-hybridized carbons (Fsp3) is 0.0667. The standard InChI is InChI=1S/C15H10FNO3/c1-19-14-8-10(9-17)2-7-13(14)20-15(18)11-3-5-12(16)6-4-11/h2-8H,1H3. The third-order valence-corrected chi connectivity index (χ3v) is 2.58. The highest BCUT2D eigenvalue weighted by atomic mass is 19.1. The van der Waals surface area contributed by atoms with Crippen LogP contribution in [0.5, 0.6) is 11.5 Å². The molecule has 0 N–H and O–H groups in total. The Kier molecular flexibility index (Phi) is 3.96. The summed E-state index contributed by atoms with van der Waals surface area (Å²) in [6, 6.07) is 11.4. The Morgan fingerprint density at radius 1 is 1.15 bits per heavy atom. The highest BCUT2D eigenvalue weighted by Crippen LogP contribution is 2.28. The van der Waals surface area contributed by atoms with Crippen molar-refractivity contribution in [1.82, 2.24) is 0 Å². The maximum atomic E-state index is 12.8. The molecule has 0 bridgehead atoms. The second-order valence-electron chi connectivity index (χ2n) is 3.87. The Labute approximate surface area is 115 Å². The molecule has 0 amide bonds. The van der Waals surface area contributed by atoms with Crippen molar-refractivity contribution in [3.05, 3.63) is 59.4 Å². The molecule has 2 rings (SSSR count). The molecule has 0 aliphatic rings. The molecule has 2 aromatic carbocycles. The predicted octanol–water partition coefficient (Wildman–Crippen LogP) is 2.93. The molecule has 0 aliphatic heterocycles. The van der Waals surface area contributed by atoms with Crippen molar-refractivity contribution < 1.29 is 18.7 Å². The van der Waals surface area contributed by atoms with Crippen LogP contribution in [0.2, 0.25) is 0 Å². The summed E-state index contributed by atoms with van der Waals surface area (Å²) in [6.07, 6.45) is 0. The largest absolute Gasteiger partial charge is 0.493 e. The number of nitrogens with zero attached hydrogens (tertiary/aromatic N) is 1. The average molecular weight is 271 g/mol. The van der Waals surface area contributed by atoms with Gasteiger partial charge in [-0.3, -0.25) is 0 Å². The molecule has 0 aliphatic carbocycles. The summed E-state index contributed by atoms with van der Waals surface area (Å²) in [7, 11) is 1.41. The topological polar surface area (TPSA) is 59.3 Å². The second kappa shape index (κ2) is 5.85. The van der Waals surface area contributed by atoms with Crippen LogP contribution in [0.1, 0.15) is 15.9 Å². The molecular formula is C15H10FNO3. The molecule has 5 heteroatoms. The van der Waals surface area contributed by atoms with E-state index in [1.54, 1.807) is 0 Å². The summed E-state index contributed by atoms with van der Waals surface area (Å²) in [6.45, 7) is 0. The molecular weight excluding hydrogens is 261 g/mol. The van der Waals surface area contributed by atoms with Crippen LogP contribution in [0.4, 0.5) is 4.39 Å². The highest BCUT2D eigenvalue weighted by Gasteiger charge is 2.13. The van der Waals surface area contributed by atoms with Crippen LogP contribution in [0, 0.1) is 17.1 Å². The van der Waals surface area contributed by atoms with Gasteiger partial charge in [0.15, 0.2) is 11.5 Å². The summed E-state index contributed by atoms with van der Waals surface area (Å²) in [5, 5.41) is 8.79. The fourth-order valence-corrected chi connectivity index (χ4v) is 1.57. The minimum atomic E-state index is -0.631. The number of rotatable bonds is 3.